The highest BCUT2D eigenvalue weighted by atomic mass is 16.5. The highest BCUT2D eigenvalue weighted by molar-refractivity contribution is 5.92. The summed E-state index contributed by atoms with van der Waals surface area (Å²) in [4.78, 5) is 12.0. The summed E-state index contributed by atoms with van der Waals surface area (Å²) in [5.41, 5.74) is 1.17. The predicted octanol–water partition coefficient (Wildman–Crippen LogP) is 2.69. The number of hydrogen-bond acceptors (Lipinski definition) is 3. The largest absolute Gasteiger partial charge is 0.368 e. The van der Waals surface area contributed by atoms with Crippen molar-refractivity contribution in [3.05, 3.63) is 48.2 Å². The molecule has 0 unspecified atom stereocenters. The van der Waals surface area contributed by atoms with Gasteiger partial charge in [-0.2, -0.15) is 5.10 Å². The second-order valence-electron chi connectivity index (χ2n) is 5.79. The van der Waals surface area contributed by atoms with Crippen molar-refractivity contribution in [3.8, 4) is 0 Å². The molecule has 0 radical (unpaired) electrons. The lowest BCUT2D eigenvalue weighted by Crippen LogP contribution is -2.28. The van der Waals surface area contributed by atoms with Gasteiger partial charge in [-0.05, 0) is 31.2 Å². The first kappa shape index (κ1) is 14.8. The van der Waals surface area contributed by atoms with Gasteiger partial charge in [0, 0.05) is 12.3 Å². The Morgan fingerprint density at radius 2 is 2.14 bits per heavy atom. The van der Waals surface area contributed by atoms with E-state index in [9.17, 15) is 4.79 Å². The average Bonchev–Trinajstić information content (AvgIpc) is 3.26. The summed E-state index contributed by atoms with van der Waals surface area (Å²) < 4.78 is 7.36. The first-order valence-corrected chi connectivity index (χ1v) is 7.70. The zero-order chi connectivity index (χ0) is 15.4. The summed E-state index contributed by atoms with van der Waals surface area (Å²) in [6.45, 7) is 3.14. The number of benzene rings is 1. The summed E-state index contributed by atoms with van der Waals surface area (Å²) in [5, 5.41) is 7.16. The second kappa shape index (κ2) is 6.75. The predicted molar refractivity (Wildman–Crippen MR) is 84.5 cm³/mol. The van der Waals surface area contributed by atoms with E-state index in [4.69, 9.17) is 4.74 Å². The molecule has 1 heterocycles. The minimum absolute atomic E-state index is 0.148. The normalized spacial score (nSPS) is 15.5. The SMILES string of the molecule is C[C@H](OCC1CC1)C(=O)Nc1ccn(Cc2ccccc2)n1. The fraction of sp³-hybridized carbons (Fsp3) is 0.412. The monoisotopic (exact) mass is 299 g/mol. The molecule has 1 amide bonds. The van der Waals surface area contributed by atoms with Gasteiger partial charge in [0.2, 0.25) is 0 Å². The van der Waals surface area contributed by atoms with Gasteiger partial charge in [-0.3, -0.25) is 9.48 Å². The van der Waals surface area contributed by atoms with E-state index in [1.807, 2.05) is 36.5 Å². The van der Waals surface area contributed by atoms with Crippen molar-refractivity contribution in [2.24, 2.45) is 5.92 Å². The van der Waals surface area contributed by atoms with Crippen LogP contribution in [-0.4, -0.2) is 28.4 Å². The molecule has 2 aromatic rings. The van der Waals surface area contributed by atoms with E-state index in [0.29, 0.717) is 24.9 Å². The van der Waals surface area contributed by atoms with Crippen LogP contribution < -0.4 is 5.32 Å². The molecular weight excluding hydrogens is 278 g/mol. The highest BCUT2D eigenvalue weighted by Gasteiger charge is 2.24. The lowest BCUT2D eigenvalue weighted by atomic mass is 10.2. The number of rotatable bonds is 7. The molecule has 1 atom stereocenters. The minimum Gasteiger partial charge on any atom is -0.368 e. The van der Waals surface area contributed by atoms with Gasteiger partial charge in [-0.25, -0.2) is 0 Å². The number of anilines is 1. The summed E-state index contributed by atoms with van der Waals surface area (Å²) in [5.74, 6) is 1.06. The Morgan fingerprint density at radius 1 is 1.36 bits per heavy atom. The fourth-order valence-corrected chi connectivity index (χ4v) is 2.16. The number of nitrogens with one attached hydrogen (secondary N) is 1. The minimum atomic E-state index is -0.445. The molecule has 1 N–H and O–H groups in total. The van der Waals surface area contributed by atoms with E-state index < -0.39 is 6.10 Å². The molecule has 0 bridgehead atoms. The van der Waals surface area contributed by atoms with Crippen molar-refractivity contribution in [2.75, 3.05) is 11.9 Å². The Morgan fingerprint density at radius 3 is 2.86 bits per heavy atom. The summed E-state index contributed by atoms with van der Waals surface area (Å²) >= 11 is 0. The van der Waals surface area contributed by atoms with Crippen molar-refractivity contribution in [3.63, 3.8) is 0 Å². The van der Waals surface area contributed by atoms with Crippen LogP contribution in [0.15, 0.2) is 42.6 Å². The van der Waals surface area contributed by atoms with Gasteiger partial charge in [0.25, 0.3) is 5.91 Å². The van der Waals surface area contributed by atoms with Gasteiger partial charge in [-0.15, -0.1) is 0 Å². The van der Waals surface area contributed by atoms with E-state index in [2.05, 4.69) is 10.4 Å². The Labute approximate surface area is 130 Å². The van der Waals surface area contributed by atoms with Crippen LogP contribution in [-0.2, 0) is 16.1 Å². The first-order chi connectivity index (χ1) is 10.7. The summed E-state index contributed by atoms with van der Waals surface area (Å²) in [6, 6.07) is 11.9. The van der Waals surface area contributed by atoms with Crippen LogP contribution in [0, 0.1) is 5.92 Å². The maximum absolute atomic E-state index is 12.0. The van der Waals surface area contributed by atoms with E-state index >= 15 is 0 Å². The molecule has 0 spiro atoms. The first-order valence-electron chi connectivity index (χ1n) is 7.70. The lowest BCUT2D eigenvalue weighted by molar-refractivity contribution is -0.126. The molecule has 1 fully saturated rings. The van der Waals surface area contributed by atoms with E-state index in [0.717, 1.165) is 0 Å². The number of amides is 1. The number of ether oxygens (including phenoxy) is 1. The van der Waals surface area contributed by atoms with Crippen LogP contribution in [0.1, 0.15) is 25.3 Å². The molecule has 1 aromatic heterocycles. The number of hydrogen-bond donors (Lipinski definition) is 1. The molecule has 0 aliphatic heterocycles. The Kier molecular flexibility index (Phi) is 4.53. The molecule has 1 aliphatic carbocycles. The van der Waals surface area contributed by atoms with E-state index in [-0.39, 0.29) is 5.91 Å². The molecule has 116 valence electrons. The molecule has 5 nitrogen and oxygen atoms in total. The Hall–Kier alpha value is -2.14. The third kappa shape index (κ3) is 4.18. The molecule has 22 heavy (non-hydrogen) atoms. The van der Waals surface area contributed by atoms with Gasteiger partial charge in [0.15, 0.2) is 5.82 Å². The van der Waals surface area contributed by atoms with Crippen LogP contribution in [0.5, 0.6) is 0 Å². The topological polar surface area (TPSA) is 56.1 Å². The zero-order valence-electron chi connectivity index (χ0n) is 12.7. The Balaban J connectivity index is 1.51. The smallest absolute Gasteiger partial charge is 0.254 e. The number of carbonyl (C=O) groups excluding carboxylic acids is 1. The molecule has 3 rings (SSSR count). The third-order valence-corrected chi connectivity index (χ3v) is 3.73. The van der Waals surface area contributed by atoms with Crippen LogP contribution in [0.3, 0.4) is 0 Å². The van der Waals surface area contributed by atoms with Gasteiger partial charge < -0.3 is 10.1 Å². The lowest BCUT2D eigenvalue weighted by Gasteiger charge is -2.11. The maximum atomic E-state index is 12.0. The zero-order valence-corrected chi connectivity index (χ0v) is 12.7. The number of carbonyl (C=O) groups is 1. The van der Waals surface area contributed by atoms with Crippen molar-refractivity contribution < 1.29 is 9.53 Å². The van der Waals surface area contributed by atoms with Crippen molar-refractivity contribution in [2.45, 2.75) is 32.4 Å². The standard InChI is InChI=1S/C17H21N3O2/c1-13(22-12-15-7-8-15)17(21)18-16-9-10-20(19-16)11-14-5-3-2-4-6-14/h2-6,9-10,13,15H,7-8,11-12H2,1H3,(H,18,19,21)/t13-/m0/s1. The van der Waals surface area contributed by atoms with Crippen molar-refractivity contribution >= 4 is 11.7 Å². The second-order valence-corrected chi connectivity index (χ2v) is 5.79. The Bertz CT molecular complexity index is 620. The third-order valence-electron chi connectivity index (χ3n) is 3.73. The van der Waals surface area contributed by atoms with Crippen LogP contribution in [0.4, 0.5) is 5.82 Å². The van der Waals surface area contributed by atoms with E-state index in [1.54, 1.807) is 17.7 Å². The van der Waals surface area contributed by atoms with Gasteiger partial charge >= 0.3 is 0 Å². The van der Waals surface area contributed by atoms with Crippen molar-refractivity contribution in [1.82, 2.24) is 9.78 Å². The average molecular weight is 299 g/mol. The summed E-state index contributed by atoms with van der Waals surface area (Å²) in [7, 11) is 0. The molecule has 1 saturated carbocycles. The van der Waals surface area contributed by atoms with E-state index in [1.165, 1.54) is 18.4 Å². The van der Waals surface area contributed by atoms with Crippen LogP contribution in [0.25, 0.3) is 0 Å². The van der Waals surface area contributed by atoms with Crippen LogP contribution in [0.2, 0.25) is 0 Å². The van der Waals surface area contributed by atoms with Crippen molar-refractivity contribution in [1.29, 1.82) is 0 Å². The molecule has 1 aromatic carbocycles. The quantitative estimate of drug-likeness (QED) is 0.855. The van der Waals surface area contributed by atoms with Gasteiger partial charge in [0.1, 0.15) is 6.10 Å². The highest BCUT2D eigenvalue weighted by Crippen LogP contribution is 2.29. The van der Waals surface area contributed by atoms with Gasteiger partial charge in [0.05, 0.1) is 13.2 Å². The van der Waals surface area contributed by atoms with Gasteiger partial charge in [-0.1, -0.05) is 30.3 Å². The maximum Gasteiger partial charge on any atom is 0.254 e. The number of nitrogens with zero attached hydrogens (tertiary/aromatic N) is 2. The molecular formula is C17H21N3O2. The fourth-order valence-electron chi connectivity index (χ4n) is 2.16. The molecule has 1 aliphatic rings. The van der Waals surface area contributed by atoms with Crippen LogP contribution >= 0.6 is 0 Å². The molecule has 0 saturated heterocycles. The number of aromatic nitrogens is 2. The molecule has 5 heteroatoms. The summed E-state index contributed by atoms with van der Waals surface area (Å²) in [6.07, 6.45) is 3.86.